The van der Waals surface area contributed by atoms with Crippen LogP contribution in [0.25, 0.3) is 0 Å². The Morgan fingerprint density at radius 1 is 1.33 bits per heavy atom. The predicted octanol–water partition coefficient (Wildman–Crippen LogP) is 2.70. The first kappa shape index (κ1) is 11.4. The number of rotatable bonds is 3. The third kappa shape index (κ3) is 2.43. The van der Waals surface area contributed by atoms with Gasteiger partial charge in [-0.3, -0.25) is 9.89 Å². The van der Waals surface area contributed by atoms with Crippen LogP contribution in [0, 0.1) is 0 Å². The molecule has 1 fully saturated rings. The second-order valence-corrected chi connectivity index (χ2v) is 5.20. The summed E-state index contributed by atoms with van der Waals surface area (Å²) >= 11 is 3.34. The number of carbonyl (C=O) groups is 1. The van der Waals surface area contributed by atoms with Gasteiger partial charge in [-0.2, -0.15) is 0 Å². The van der Waals surface area contributed by atoms with E-state index in [1.54, 1.807) is 0 Å². The lowest BCUT2D eigenvalue weighted by Gasteiger charge is -2.01. The van der Waals surface area contributed by atoms with Crippen molar-refractivity contribution in [1.82, 2.24) is 15.2 Å². The first-order valence-corrected chi connectivity index (χ1v) is 6.51. The number of H-pyrrole nitrogens is 1. The molecule has 2 N–H and O–H groups in total. The minimum absolute atomic E-state index is 0.194. The van der Waals surface area contributed by atoms with Crippen molar-refractivity contribution in [2.24, 2.45) is 0 Å². The highest BCUT2D eigenvalue weighted by Crippen LogP contribution is 2.37. The van der Waals surface area contributed by atoms with E-state index in [-0.39, 0.29) is 11.7 Å². The highest BCUT2D eigenvalue weighted by Gasteiger charge is 2.28. The summed E-state index contributed by atoms with van der Waals surface area (Å²) in [5, 5.41) is 9.50. The van der Waals surface area contributed by atoms with Crippen LogP contribution in [0.3, 0.4) is 0 Å². The monoisotopic (exact) mass is 306 g/mol. The molecule has 0 radical (unpaired) electrons. The number of hydrogen-bond acceptors (Lipinski definition) is 3. The molecule has 18 heavy (non-hydrogen) atoms. The van der Waals surface area contributed by atoms with Crippen LogP contribution < -0.4 is 5.32 Å². The van der Waals surface area contributed by atoms with Crippen molar-refractivity contribution >= 4 is 27.5 Å². The lowest BCUT2D eigenvalue weighted by atomic mass is 10.3. The number of nitrogens with one attached hydrogen (secondary N) is 2. The number of carbonyl (C=O) groups excluding carboxylic acids is 1. The molecule has 1 aliphatic rings. The van der Waals surface area contributed by atoms with Gasteiger partial charge in [-0.1, -0.05) is 15.9 Å². The fraction of sp³-hybridized carbons (Fsp3) is 0.250. The van der Waals surface area contributed by atoms with Crippen molar-refractivity contribution in [1.29, 1.82) is 0 Å². The van der Waals surface area contributed by atoms with Crippen LogP contribution in [0.4, 0.5) is 5.69 Å². The maximum absolute atomic E-state index is 11.9. The highest BCUT2D eigenvalue weighted by molar-refractivity contribution is 9.10. The van der Waals surface area contributed by atoms with Crippen LogP contribution >= 0.6 is 15.9 Å². The van der Waals surface area contributed by atoms with Crippen molar-refractivity contribution in [2.45, 2.75) is 18.8 Å². The highest BCUT2D eigenvalue weighted by atomic mass is 79.9. The largest absolute Gasteiger partial charge is 0.319 e. The minimum Gasteiger partial charge on any atom is -0.319 e. The topological polar surface area (TPSA) is 70.7 Å². The molecule has 0 unspecified atom stereocenters. The molecule has 0 spiro atoms. The zero-order valence-corrected chi connectivity index (χ0v) is 11.1. The lowest BCUT2D eigenvalue weighted by molar-refractivity contribution is 0.101. The molecule has 0 bridgehead atoms. The molecule has 1 aliphatic carbocycles. The number of nitrogens with zero attached hydrogens (tertiary/aromatic N) is 2. The number of amides is 1. The Hall–Kier alpha value is -1.69. The van der Waals surface area contributed by atoms with E-state index >= 15 is 0 Å². The third-order valence-corrected chi connectivity index (χ3v) is 3.30. The average molecular weight is 307 g/mol. The lowest BCUT2D eigenvalue weighted by Crippen LogP contribution is -2.13. The zero-order chi connectivity index (χ0) is 12.5. The van der Waals surface area contributed by atoms with Gasteiger partial charge in [-0.15, -0.1) is 5.10 Å². The van der Waals surface area contributed by atoms with Crippen molar-refractivity contribution < 1.29 is 4.79 Å². The van der Waals surface area contributed by atoms with E-state index in [2.05, 4.69) is 36.4 Å². The summed E-state index contributed by atoms with van der Waals surface area (Å²) in [6.45, 7) is 0. The Kier molecular flexibility index (Phi) is 2.87. The maximum atomic E-state index is 11.9. The molecule has 0 atom stereocenters. The quantitative estimate of drug-likeness (QED) is 0.916. The van der Waals surface area contributed by atoms with Crippen LogP contribution in [0.15, 0.2) is 28.7 Å². The van der Waals surface area contributed by atoms with Crippen LogP contribution in [-0.2, 0) is 0 Å². The molecule has 2 aromatic rings. The number of halogens is 1. The summed E-state index contributed by atoms with van der Waals surface area (Å²) < 4.78 is 0.967. The van der Waals surface area contributed by atoms with Gasteiger partial charge in [0.2, 0.25) is 5.82 Å². The first-order valence-electron chi connectivity index (χ1n) is 5.71. The van der Waals surface area contributed by atoms with Crippen molar-refractivity contribution in [2.75, 3.05) is 5.32 Å². The van der Waals surface area contributed by atoms with Gasteiger partial charge in [-0.25, -0.2) is 4.98 Å². The molecular weight excluding hydrogens is 296 g/mol. The van der Waals surface area contributed by atoms with E-state index in [0.29, 0.717) is 5.92 Å². The zero-order valence-electron chi connectivity index (χ0n) is 9.48. The molecule has 3 rings (SSSR count). The Bertz CT molecular complexity index is 574. The number of benzene rings is 1. The van der Waals surface area contributed by atoms with E-state index in [1.165, 1.54) is 0 Å². The average Bonchev–Trinajstić information content (AvgIpc) is 3.10. The van der Waals surface area contributed by atoms with Crippen molar-refractivity contribution in [3.05, 3.63) is 40.4 Å². The van der Waals surface area contributed by atoms with E-state index in [0.717, 1.165) is 28.8 Å². The van der Waals surface area contributed by atoms with Gasteiger partial charge < -0.3 is 5.32 Å². The minimum atomic E-state index is -0.291. The SMILES string of the molecule is O=C(Nc1ccc(Br)cc1)c1n[nH]c(C2CC2)n1. The number of hydrogen-bond donors (Lipinski definition) is 2. The van der Waals surface area contributed by atoms with Crippen LogP contribution in [0.1, 0.15) is 35.2 Å². The Labute approximate surface area is 112 Å². The summed E-state index contributed by atoms with van der Waals surface area (Å²) in [7, 11) is 0. The molecule has 1 aromatic heterocycles. The summed E-state index contributed by atoms with van der Waals surface area (Å²) in [6, 6.07) is 7.36. The number of aromatic nitrogens is 3. The Morgan fingerprint density at radius 2 is 2.06 bits per heavy atom. The molecule has 1 aromatic carbocycles. The smallest absolute Gasteiger partial charge is 0.295 e. The van der Waals surface area contributed by atoms with Gasteiger partial charge in [0.15, 0.2) is 0 Å². The summed E-state index contributed by atoms with van der Waals surface area (Å²) in [6.07, 6.45) is 2.26. The molecule has 92 valence electrons. The van der Waals surface area contributed by atoms with Crippen molar-refractivity contribution in [3.63, 3.8) is 0 Å². The van der Waals surface area contributed by atoms with E-state index in [1.807, 2.05) is 24.3 Å². The number of aromatic amines is 1. The third-order valence-electron chi connectivity index (χ3n) is 2.77. The van der Waals surface area contributed by atoms with Gasteiger partial charge in [-0.05, 0) is 37.1 Å². The van der Waals surface area contributed by atoms with Gasteiger partial charge >= 0.3 is 0 Å². The van der Waals surface area contributed by atoms with E-state index in [9.17, 15) is 4.79 Å². The van der Waals surface area contributed by atoms with E-state index in [4.69, 9.17) is 0 Å². The van der Waals surface area contributed by atoms with Crippen LogP contribution in [0.5, 0.6) is 0 Å². The normalized spacial score (nSPS) is 14.5. The Morgan fingerprint density at radius 3 is 2.72 bits per heavy atom. The second-order valence-electron chi connectivity index (χ2n) is 4.28. The van der Waals surface area contributed by atoms with Gasteiger partial charge in [0.05, 0.1) is 0 Å². The fourth-order valence-electron chi connectivity index (χ4n) is 1.64. The van der Waals surface area contributed by atoms with Gasteiger partial charge in [0.25, 0.3) is 5.91 Å². The van der Waals surface area contributed by atoms with Gasteiger partial charge in [0, 0.05) is 16.1 Å². The molecule has 0 saturated heterocycles. The van der Waals surface area contributed by atoms with Crippen molar-refractivity contribution in [3.8, 4) is 0 Å². The summed E-state index contributed by atoms with van der Waals surface area (Å²) in [5.41, 5.74) is 0.723. The predicted molar refractivity (Wildman–Crippen MR) is 70.5 cm³/mol. The Balaban J connectivity index is 1.71. The standard InChI is InChI=1S/C12H11BrN4O/c13-8-3-5-9(6-4-8)14-12(18)11-15-10(16-17-11)7-1-2-7/h3-7H,1-2H2,(H,14,18)(H,15,16,17). The molecule has 5 nitrogen and oxygen atoms in total. The number of anilines is 1. The van der Waals surface area contributed by atoms with E-state index < -0.39 is 0 Å². The molecule has 1 heterocycles. The summed E-state index contributed by atoms with van der Waals surface area (Å²) in [4.78, 5) is 16.1. The first-order chi connectivity index (χ1) is 8.72. The van der Waals surface area contributed by atoms with Gasteiger partial charge in [0.1, 0.15) is 5.82 Å². The second kappa shape index (κ2) is 4.53. The molecule has 1 saturated carbocycles. The molecule has 1 amide bonds. The summed E-state index contributed by atoms with van der Waals surface area (Å²) in [5.74, 6) is 1.18. The van der Waals surface area contributed by atoms with Crippen LogP contribution in [0.2, 0.25) is 0 Å². The molecule has 6 heteroatoms. The maximum Gasteiger partial charge on any atom is 0.295 e. The molecule has 0 aliphatic heterocycles. The van der Waals surface area contributed by atoms with Crippen LogP contribution in [-0.4, -0.2) is 21.1 Å². The fourth-order valence-corrected chi connectivity index (χ4v) is 1.90. The molecular formula is C12H11BrN4O.